The smallest absolute Gasteiger partial charge is 0.335 e. The van der Waals surface area contributed by atoms with Crippen molar-refractivity contribution in [3.05, 3.63) is 41.5 Å². The van der Waals surface area contributed by atoms with Gasteiger partial charge >= 0.3 is 5.97 Å². The lowest BCUT2D eigenvalue weighted by Gasteiger charge is -2.72. The Kier molecular flexibility index (Phi) is 7.33. The molecule has 0 bridgehead atoms. The van der Waals surface area contributed by atoms with Crippen LogP contribution in [0.3, 0.4) is 0 Å². The van der Waals surface area contributed by atoms with Crippen LogP contribution in [0.25, 0.3) is 5.57 Å². The average molecular weight is 561 g/mol. The molecule has 4 fully saturated rings. The first-order valence-corrected chi connectivity index (χ1v) is 16.9. The molecule has 0 heterocycles. The molecule has 1 aromatic carbocycles. The molecular formula is C37H56N2O2. The quantitative estimate of drug-likeness (QED) is 0.294. The molecule has 0 radical (unpaired) electrons. The molecule has 4 N–H and O–H groups in total. The topological polar surface area (TPSA) is 75.3 Å². The molecule has 0 aromatic heterocycles. The third-order valence-corrected chi connectivity index (χ3v) is 14.6. The molecule has 0 saturated heterocycles. The van der Waals surface area contributed by atoms with Crippen LogP contribution in [0.15, 0.2) is 30.3 Å². The second kappa shape index (κ2) is 10.2. The highest BCUT2D eigenvalue weighted by molar-refractivity contribution is 5.88. The summed E-state index contributed by atoms with van der Waals surface area (Å²) < 4.78 is 0. The first-order chi connectivity index (χ1) is 19.4. The van der Waals surface area contributed by atoms with E-state index < -0.39 is 5.97 Å². The number of allylic oxidation sites excluding steroid dienone is 2. The number of carboxylic acids is 1. The number of fused-ring (bicyclic) bond motifs is 7. The molecule has 3 unspecified atom stereocenters. The van der Waals surface area contributed by atoms with E-state index in [9.17, 15) is 9.90 Å². The average Bonchev–Trinajstić information content (AvgIpc) is 3.35. The van der Waals surface area contributed by atoms with Crippen molar-refractivity contribution in [3.63, 3.8) is 0 Å². The first kappa shape index (κ1) is 29.4. The van der Waals surface area contributed by atoms with Crippen LogP contribution in [-0.4, -0.2) is 30.7 Å². The minimum Gasteiger partial charge on any atom is -0.478 e. The summed E-state index contributed by atoms with van der Waals surface area (Å²) in [5.74, 6) is 2.31. The standard InChI is InChI=1S/C37H56N2O2/c1-33(2)27(25-9-11-26(12-10-25)32(40)41)15-18-34(3)30(33)16-19-36(5)31(34)14-13-28-29-8-6-17-37(29,21-20-35(28,36)4)24-39-23-7-22-38/h9-12,15,28-31,39H,6-8,13-14,16-24,38H2,1-5H3,(H,40,41)/t28-,29?,30?,31?,34+,35-,36-,37-/m1/s1. The van der Waals surface area contributed by atoms with Crippen molar-refractivity contribution in [3.8, 4) is 0 Å². The second-order valence-electron chi connectivity index (χ2n) is 16.3. The van der Waals surface area contributed by atoms with Gasteiger partial charge in [-0.25, -0.2) is 4.79 Å². The van der Waals surface area contributed by atoms with E-state index in [0.717, 1.165) is 43.7 Å². The Morgan fingerprint density at radius 2 is 1.66 bits per heavy atom. The zero-order valence-corrected chi connectivity index (χ0v) is 26.5. The predicted molar refractivity (Wildman–Crippen MR) is 169 cm³/mol. The number of nitrogens with one attached hydrogen (secondary N) is 1. The van der Waals surface area contributed by atoms with Gasteiger partial charge in [-0.1, -0.05) is 59.2 Å². The third kappa shape index (κ3) is 4.24. The molecular weight excluding hydrogens is 504 g/mol. The summed E-state index contributed by atoms with van der Waals surface area (Å²) >= 11 is 0. The van der Waals surface area contributed by atoms with Crippen LogP contribution in [-0.2, 0) is 0 Å². The summed E-state index contributed by atoms with van der Waals surface area (Å²) in [6, 6.07) is 7.64. The van der Waals surface area contributed by atoms with E-state index >= 15 is 0 Å². The van der Waals surface area contributed by atoms with Gasteiger partial charge in [-0.05, 0) is 151 Å². The molecule has 4 heteroatoms. The maximum absolute atomic E-state index is 11.5. The maximum Gasteiger partial charge on any atom is 0.335 e. The number of carbonyl (C=O) groups is 1. The highest BCUT2D eigenvalue weighted by Crippen LogP contribution is 2.77. The predicted octanol–water partition coefficient (Wildman–Crippen LogP) is 8.17. The zero-order valence-electron chi connectivity index (χ0n) is 26.5. The molecule has 6 rings (SSSR count). The molecule has 5 aliphatic carbocycles. The SMILES string of the molecule is CC1(C)C(c2ccc(C(=O)O)cc2)=CC[C@@]2(C)C1CC[C@]1(C)C2CC[C@@H]2C3CCC[C@]3(CNCCCN)CC[C@]21C. The summed E-state index contributed by atoms with van der Waals surface area (Å²) in [7, 11) is 0. The van der Waals surface area contributed by atoms with Gasteiger partial charge < -0.3 is 16.2 Å². The van der Waals surface area contributed by atoms with Gasteiger partial charge in [-0.3, -0.25) is 0 Å². The zero-order chi connectivity index (χ0) is 29.3. The van der Waals surface area contributed by atoms with Gasteiger partial charge in [-0.15, -0.1) is 0 Å². The van der Waals surface area contributed by atoms with Crippen LogP contribution < -0.4 is 11.1 Å². The van der Waals surface area contributed by atoms with E-state index in [1.807, 2.05) is 12.1 Å². The van der Waals surface area contributed by atoms with Gasteiger partial charge in [0.25, 0.3) is 0 Å². The van der Waals surface area contributed by atoms with Crippen LogP contribution in [0.1, 0.15) is 121 Å². The number of carboxylic acid groups (broad SMARTS) is 1. The van der Waals surface area contributed by atoms with Crippen molar-refractivity contribution in [2.75, 3.05) is 19.6 Å². The second-order valence-corrected chi connectivity index (χ2v) is 16.3. The van der Waals surface area contributed by atoms with E-state index in [1.54, 1.807) is 12.1 Å². The van der Waals surface area contributed by atoms with Gasteiger partial charge in [0.05, 0.1) is 5.56 Å². The Labute approximate surface area is 249 Å². The molecule has 1 aromatic rings. The lowest BCUT2D eigenvalue weighted by Crippen LogP contribution is -2.65. The Bertz CT molecular complexity index is 1190. The molecule has 41 heavy (non-hydrogen) atoms. The van der Waals surface area contributed by atoms with E-state index in [-0.39, 0.29) is 5.41 Å². The van der Waals surface area contributed by atoms with Crippen LogP contribution in [0, 0.1) is 50.7 Å². The Balaban J connectivity index is 1.28. The van der Waals surface area contributed by atoms with Gasteiger partial charge in [0.1, 0.15) is 0 Å². The van der Waals surface area contributed by atoms with E-state index in [4.69, 9.17) is 5.73 Å². The number of benzene rings is 1. The normalized spacial score (nSPS) is 42.8. The molecule has 0 amide bonds. The fraction of sp³-hybridized carbons (Fsp3) is 0.757. The van der Waals surface area contributed by atoms with Crippen molar-refractivity contribution >= 4 is 11.5 Å². The number of hydrogen-bond acceptors (Lipinski definition) is 3. The largest absolute Gasteiger partial charge is 0.478 e. The number of aromatic carboxylic acids is 1. The first-order valence-electron chi connectivity index (χ1n) is 16.9. The summed E-state index contributed by atoms with van der Waals surface area (Å²) in [4.78, 5) is 11.5. The molecule has 5 aliphatic rings. The summed E-state index contributed by atoms with van der Waals surface area (Å²) in [5, 5.41) is 13.3. The molecule has 226 valence electrons. The third-order valence-electron chi connectivity index (χ3n) is 14.6. The van der Waals surface area contributed by atoms with Gasteiger partial charge in [0.2, 0.25) is 0 Å². The highest BCUT2D eigenvalue weighted by Gasteiger charge is 2.69. The summed E-state index contributed by atoms with van der Waals surface area (Å²) in [6.45, 7) is 16.2. The van der Waals surface area contributed by atoms with Crippen LogP contribution in [0.2, 0.25) is 0 Å². The Morgan fingerprint density at radius 3 is 2.37 bits per heavy atom. The van der Waals surface area contributed by atoms with Gasteiger partial charge in [0, 0.05) is 6.54 Å². The minimum absolute atomic E-state index is 0.0686. The maximum atomic E-state index is 11.5. The Hall–Kier alpha value is -1.65. The summed E-state index contributed by atoms with van der Waals surface area (Å²) in [5.41, 5.74) is 10.5. The van der Waals surface area contributed by atoms with Gasteiger partial charge in [0.15, 0.2) is 0 Å². The Morgan fingerprint density at radius 1 is 0.902 bits per heavy atom. The molecule has 0 spiro atoms. The van der Waals surface area contributed by atoms with Crippen LogP contribution in [0.4, 0.5) is 0 Å². The highest BCUT2D eigenvalue weighted by atomic mass is 16.4. The number of nitrogens with two attached hydrogens (primary N) is 1. The van der Waals surface area contributed by atoms with Crippen LogP contribution >= 0.6 is 0 Å². The monoisotopic (exact) mass is 560 g/mol. The van der Waals surface area contributed by atoms with Crippen molar-refractivity contribution in [1.82, 2.24) is 5.32 Å². The molecule has 8 atom stereocenters. The molecule has 4 nitrogen and oxygen atoms in total. The van der Waals surface area contributed by atoms with Crippen molar-refractivity contribution in [1.29, 1.82) is 0 Å². The molecule has 4 saturated carbocycles. The van der Waals surface area contributed by atoms with Gasteiger partial charge in [-0.2, -0.15) is 0 Å². The number of hydrogen-bond donors (Lipinski definition) is 3. The van der Waals surface area contributed by atoms with E-state index in [1.165, 1.54) is 75.5 Å². The minimum atomic E-state index is -0.850. The molecule has 0 aliphatic heterocycles. The fourth-order valence-corrected chi connectivity index (χ4v) is 12.5. The van der Waals surface area contributed by atoms with Crippen molar-refractivity contribution in [2.24, 2.45) is 56.5 Å². The van der Waals surface area contributed by atoms with Crippen molar-refractivity contribution < 1.29 is 9.90 Å². The van der Waals surface area contributed by atoms with Crippen LogP contribution in [0.5, 0.6) is 0 Å². The lowest BCUT2D eigenvalue weighted by atomic mass is 9.32. The van der Waals surface area contributed by atoms with Crippen molar-refractivity contribution in [2.45, 2.75) is 105 Å². The van der Waals surface area contributed by atoms with E-state index in [0.29, 0.717) is 33.1 Å². The lowest BCUT2D eigenvalue weighted by molar-refractivity contribution is -0.222. The fourth-order valence-electron chi connectivity index (χ4n) is 12.5. The van der Waals surface area contributed by atoms with E-state index in [2.05, 4.69) is 46.0 Å². The summed E-state index contributed by atoms with van der Waals surface area (Å²) in [6.07, 6.45) is 17.4. The number of rotatable bonds is 7.